The van der Waals surface area contributed by atoms with Crippen molar-refractivity contribution in [3.05, 3.63) is 23.3 Å². The fourth-order valence-electron chi connectivity index (χ4n) is 4.70. The van der Waals surface area contributed by atoms with Gasteiger partial charge >= 0.3 is 0 Å². The highest BCUT2D eigenvalue weighted by Gasteiger charge is 2.35. The fraction of sp³-hybridized carbons (Fsp3) is 0.714. The summed E-state index contributed by atoms with van der Waals surface area (Å²) in [6.45, 7) is 9.61. The summed E-state index contributed by atoms with van der Waals surface area (Å²) < 4.78 is 11.0. The second-order valence-corrected chi connectivity index (χ2v) is 8.73. The quantitative estimate of drug-likeness (QED) is 0.918. The Hall–Kier alpha value is -1.22. The lowest BCUT2D eigenvalue weighted by atomic mass is 9.71. The third-order valence-corrected chi connectivity index (χ3v) is 6.37. The maximum absolute atomic E-state index is 5.50. The minimum atomic E-state index is 0.471. The average molecular weight is 333 g/mol. The molecule has 3 rings (SSSR count). The zero-order valence-electron chi connectivity index (χ0n) is 16.1. The number of hydrogen-bond donors (Lipinski definition) is 1. The van der Waals surface area contributed by atoms with Crippen molar-refractivity contribution in [2.75, 3.05) is 20.8 Å². The highest BCUT2D eigenvalue weighted by molar-refractivity contribution is 5.47. The number of fused-ring (bicyclic) bond motifs is 1. The van der Waals surface area contributed by atoms with E-state index in [1.54, 1.807) is 19.1 Å². The van der Waals surface area contributed by atoms with E-state index in [9.17, 15) is 0 Å². The van der Waals surface area contributed by atoms with Crippen LogP contribution in [0, 0.1) is 11.3 Å². The SMILES string of the molecule is COc1cc2c(cc1OC)C[NH+](C1CCC(C(C)(C)C)CC1)CC2. The highest BCUT2D eigenvalue weighted by atomic mass is 16.5. The summed E-state index contributed by atoms with van der Waals surface area (Å²) in [6.07, 6.45) is 6.73. The molecule has 0 bridgehead atoms. The van der Waals surface area contributed by atoms with E-state index in [0.717, 1.165) is 36.4 Å². The van der Waals surface area contributed by atoms with Gasteiger partial charge in [0.1, 0.15) is 6.54 Å². The van der Waals surface area contributed by atoms with E-state index in [1.807, 2.05) is 0 Å². The minimum Gasteiger partial charge on any atom is -0.493 e. The molecule has 1 fully saturated rings. The van der Waals surface area contributed by atoms with E-state index in [-0.39, 0.29) is 0 Å². The molecule has 1 N–H and O–H groups in total. The molecule has 134 valence electrons. The van der Waals surface area contributed by atoms with Crippen LogP contribution in [0.5, 0.6) is 11.5 Å². The van der Waals surface area contributed by atoms with Gasteiger partial charge in [-0.3, -0.25) is 0 Å². The topological polar surface area (TPSA) is 22.9 Å². The van der Waals surface area contributed by atoms with Crippen molar-refractivity contribution in [2.24, 2.45) is 11.3 Å². The number of methoxy groups -OCH3 is 2. The number of benzene rings is 1. The lowest BCUT2D eigenvalue weighted by Gasteiger charge is -2.40. The summed E-state index contributed by atoms with van der Waals surface area (Å²) in [5.41, 5.74) is 3.37. The standard InChI is InChI=1S/C21H33NO2/c1-21(2,3)17-6-8-18(9-7-17)22-11-10-15-12-19(23-4)20(24-5)13-16(15)14-22/h12-13,17-18H,6-11,14H2,1-5H3/p+1. The summed E-state index contributed by atoms with van der Waals surface area (Å²) in [5.74, 6) is 2.63. The van der Waals surface area contributed by atoms with Crippen molar-refractivity contribution in [3.8, 4) is 11.5 Å². The number of hydrogen-bond acceptors (Lipinski definition) is 2. The maximum Gasteiger partial charge on any atom is 0.161 e. The summed E-state index contributed by atoms with van der Waals surface area (Å²) >= 11 is 0. The Morgan fingerprint density at radius 2 is 1.50 bits per heavy atom. The van der Waals surface area contributed by atoms with Crippen LogP contribution in [0.1, 0.15) is 57.6 Å². The van der Waals surface area contributed by atoms with Crippen molar-refractivity contribution >= 4 is 0 Å². The number of nitrogens with one attached hydrogen (secondary N) is 1. The Balaban J connectivity index is 1.67. The Labute approximate surface area is 147 Å². The monoisotopic (exact) mass is 332 g/mol. The van der Waals surface area contributed by atoms with Crippen molar-refractivity contribution < 1.29 is 14.4 Å². The van der Waals surface area contributed by atoms with Gasteiger partial charge in [-0.2, -0.15) is 0 Å². The fourth-order valence-corrected chi connectivity index (χ4v) is 4.70. The van der Waals surface area contributed by atoms with Crippen molar-refractivity contribution in [2.45, 2.75) is 65.5 Å². The Morgan fingerprint density at radius 1 is 0.917 bits per heavy atom. The molecule has 3 heteroatoms. The van der Waals surface area contributed by atoms with Crippen molar-refractivity contribution in [1.82, 2.24) is 0 Å². The maximum atomic E-state index is 5.50. The molecule has 0 saturated heterocycles. The van der Waals surface area contributed by atoms with Gasteiger partial charge < -0.3 is 14.4 Å². The molecule has 0 amide bonds. The molecule has 2 aliphatic rings. The molecule has 1 heterocycles. The summed E-state index contributed by atoms with van der Waals surface area (Å²) in [7, 11) is 3.45. The first-order chi connectivity index (χ1) is 11.4. The van der Waals surface area contributed by atoms with Crippen LogP contribution in [0.25, 0.3) is 0 Å². The van der Waals surface area contributed by atoms with Crippen LogP contribution in [0.4, 0.5) is 0 Å². The van der Waals surface area contributed by atoms with Crippen LogP contribution < -0.4 is 14.4 Å². The van der Waals surface area contributed by atoms with E-state index < -0.39 is 0 Å². The molecular formula is C21H34NO2+. The summed E-state index contributed by atoms with van der Waals surface area (Å²) in [5, 5.41) is 0. The number of quaternary nitrogens is 1. The molecule has 1 aromatic carbocycles. The molecular weight excluding hydrogens is 298 g/mol. The molecule has 1 aliphatic heterocycles. The number of ether oxygens (including phenoxy) is 2. The van der Waals surface area contributed by atoms with E-state index in [2.05, 4.69) is 32.9 Å². The third kappa shape index (κ3) is 3.56. The smallest absolute Gasteiger partial charge is 0.161 e. The third-order valence-electron chi connectivity index (χ3n) is 6.37. The Morgan fingerprint density at radius 3 is 2.04 bits per heavy atom. The Kier molecular flexibility index (Phi) is 5.10. The number of rotatable bonds is 3. The molecule has 1 unspecified atom stereocenters. The van der Waals surface area contributed by atoms with Gasteiger partial charge in [-0.1, -0.05) is 20.8 Å². The first kappa shape index (κ1) is 17.6. The highest BCUT2D eigenvalue weighted by Crippen LogP contribution is 2.37. The zero-order chi connectivity index (χ0) is 17.3. The van der Waals surface area contributed by atoms with Crippen molar-refractivity contribution in [1.29, 1.82) is 0 Å². The molecule has 0 spiro atoms. The van der Waals surface area contributed by atoms with E-state index in [1.165, 1.54) is 43.4 Å². The van der Waals surface area contributed by atoms with Crippen LogP contribution in [-0.2, 0) is 13.0 Å². The average Bonchev–Trinajstić information content (AvgIpc) is 2.59. The largest absolute Gasteiger partial charge is 0.493 e. The molecule has 3 nitrogen and oxygen atoms in total. The Bertz CT molecular complexity index is 568. The predicted molar refractivity (Wildman–Crippen MR) is 98.0 cm³/mol. The molecule has 1 aromatic rings. The molecule has 24 heavy (non-hydrogen) atoms. The lowest BCUT2D eigenvalue weighted by Crippen LogP contribution is -3.15. The summed E-state index contributed by atoms with van der Waals surface area (Å²) in [4.78, 5) is 1.78. The minimum absolute atomic E-state index is 0.471. The normalized spacial score (nSPS) is 27.5. The molecule has 0 aromatic heterocycles. The van der Waals surface area contributed by atoms with Gasteiger partial charge in [0.2, 0.25) is 0 Å². The van der Waals surface area contributed by atoms with E-state index in [0.29, 0.717) is 5.41 Å². The first-order valence-corrected chi connectivity index (χ1v) is 9.50. The van der Waals surface area contributed by atoms with Gasteiger partial charge in [-0.15, -0.1) is 0 Å². The second-order valence-electron chi connectivity index (χ2n) is 8.73. The van der Waals surface area contributed by atoms with Gasteiger partial charge in [-0.25, -0.2) is 0 Å². The van der Waals surface area contributed by atoms with Gasteiger partial charge in [0, 0.05) is 12.0 Å². The second kappa shape index (κ2) is 6.95. The van der Waals surface area contributed by atoms with Crippen molar-refractivity contribution in [3.63, 3.8) is 0 Å². The first-order valence-electron chi connectivity index (χ1n) is 9.50. The van der Waals surface area contributed by atoms with Crippen LogP contribution in [-0.4, -0.2) is 26.8 Å². The molecule has 1 atom stereocenters. The van der Waals surface area contributed by atoms with Gasteiger partial charge in [-0.05, 0) is 54.7 Å². The lowest BCUT2D eigenvalue weighted by molar-refractivity contribution is -0.942. The van der Waals surface area contributed by atoms with Gasteiger partial charge in [0.15, 0.2) is 11.5 Å². The van der Waals surface area contributed by atoms with Crippen LogP contribution in [0.3, 0.4) is 0 Å². The van der Waals surface area contributed by atoms with E-state index in [4.69, 9.17) is 9.47 Å². The van der Waals surface area contributed by atoms with Crippen LogP contribution in [0.2, 0.25) is 0 Å². The molecule has 1 saturated carbocycles. The van der Waals surface area contributed by atoms with E-state index >= 15 is 0 Å². The molecule has 1 aliphatic carbocycles. The molecule has 0 radical (unpaired) electrons. The zero-order valence-corrected chi connectivity index (χ0v) is 16.1. The van der Waals surface area contributed by atoms with Gasteiger partial charge in [0.25, 0.3) is 0 Å². The van der Waals surface area contributed by atoms with Crippen LogP contribution in [0.15, 0.2) is 12.1 Å². The van der Waals surface area contributed by atoms with Gasteiger partial charge in [0.05, 0.1) is 26.8 Å². The predicted octanol–water partition coefficient (Wildman–Crippen LogP) is 3.25. The van der Waals surface area contributed by atoms with Crippen LogP contribution >= 0.6 is 0 Å². The summed E-state index contributed by atoms with van der Waals surface area (Å²) in [6, 6.07) is 5.22.